The minimum atomic E-state index is -1.06. The fraction of sp³-hybridized carbons (Fsp3) is 0.167. The SMILES string of the molecule is COc1cc(C=O)cc(C#CCC(=O)O)c1O. The zero-order valence-corrected chi connectivity index (χ0v) is 9.06. The molecule has 2 N–H and O–H groups in total. The summed E-state index contributed by atoms with van der Waals surface area (Å²) >= 11 is 0. The normalized spacial score (nSPS) is 9.00. The predicted octanol–water partition coefficient (Wildman–Crippen LogP) is 1.04. The largest absolute Gasteiger partial charge is 0.503 e. The lowest BCUT2D eigenvalue weighted by molar-refractivity contribution is -0.135. The number of methoxy groups -OCH3 is 1. The van der Waals surface area contributed by atoms with Gasteiger partial charge in [-0.2, -0.15) is 0 Å². The number of carboxylic acids is 1. The molecule has 0 unspecified atom stereocenters. The molecular weight excluding hydrogens is 224 g/mol. The topological polar surface area (TPSA) is 83.8 Å². The van der Waals surface area contributed by atoms with E-state index in [9.17, 15) is 14.7 Å². The lowest BCUT2D eigenvalue weighted by Crippen LogP contribution is -1.92. The molecule has 17 heavy (non-hydrogen) atoms. The van der Waals surface area contributed by atoms with Crippen LogP contribution in [0.25, 0.3) is 0 Å². The maximum Gasteiger partial charge on any atom is 0.315 e. The van der Waals surface area contributed by atoms with Crippen LogP contribution < -0.4 is 4.74 Å². The van der Waals surface area contributed by atoms with Crippen LogP contribution in [0, 0.1) is 11.8 Å². The second-order valence-corrected chi connectivity index (χ2v) is 3.11. The van der Waals surface area contributed by atoms with E-state index in [0.29, 0.717) is 11.8 Å². The van der Waals surface area contributed by atoms with Crippen molar-refractivity contribution in [2.45, 2.75) is 6.42 Å². The Morgan fingerprint density at radius 2 is 2.24 bits per heavy atom. The number of phenolic OH excluding ortho intramolecular Hbond substituents is 1. The van der Waals surface area contributed by atoms with Crippen LogP contribution in [-0.4, -0.2) is 29.6 Å². The first kappa shape index (κ1) is 12.6. The number of aldehydes is 1. The maximum absolute atomic E-state index is 10.6. The van der Waals surface area contributed by atoms with Gasteiger partial charge in [-0.15, -0.1) is 0 Å². The van der Waals surface area contributed by atoms with Crippen LogP contribution in [0.15, 0.2) is 12.1 Å². The third kappa shape index (κ3) is 3.24. The smallest absolute Gasteiger partial charge is 0.315 e. The van der Waals surface area contributed by atoms with Crippen LogP contribution >= 0.6 is 0 Å². The molecule has 0 fully saturated rings. The Morgan fingerprint density at radius 3 is 2.76 bits per heavy atom. The molecule has 1 rings (SSSR count). The summed E-state index contributed by atoms with van der Waals surface area (Å²) in [5.41, 5.74) is 0.451. The molecule has 0 saturated carbocycles. The number of carbonyl (C=O) groups excluding carboxylic acids is 1. The molecule has 0 radical (unpaired) electrons. The van der Waals surface area contributed by atoms with Crippen molar-refractivity contribution < 1.29 is 24.5 Å². The highest BCUT2D eigenvalue weighted by Gasteiger charge is 2.08. The highest BCUT2D eigenvalue weighted by molar-refractivity contribution is 5.78. The summed E-state index contributed by atoms with van der Waals surface area (Å²) < 4.78 is 4.86. The van der Waals surface area contributed by atoms with Gasteiger partial charge >= 0.3 is 5.97 Å². The van der Waals surface area contributed by atoms with Crippen molar-refractivity contribution >= 4 is 12.3 Å². The molecule has 0 bridgehead atoms. The van der Waals surface area contributed by atoms with Crippen molar-refractivity contribution in [2.75, 3.05) is 7.11 Å². The van der Waals surface area contributed by atoms with Gasteiger partial charge in [-0.3, -0.25) is 9.59 Å². The fourth-order valence-corrected chi connectivity index (χ4v) is 1.16. The second-order valence-electron chi connectivity index (χ2n) is 3.11. The van der Waals surface area contributed by atoms with Crippen LogP contribution in [0.5, 0.6) is 11.5 Å². The standard InChI is InChI=1S/C12H10O5/c1-17-10-6-8(7-13)5-9(12(10)16)3-2-4-11(14)15/h5-7,16H,4H2,1H3,(H,14,15). The number of rotatable bonds is 3. The number of phenols is 1. The number of hydrogen-bond donors (Lipinski definition) is 2. The maximum atomic E-state index is 10.6. The minimum Gasteiger partial charge on any atom is -0.503 e. The first-order valence-corrected chi connectivity index (χ1v) is 4.65. The summed E-state index contributed by atoms with van der Waals surface area (Å²) in [4.78, 5) is 20.9. The molecule has 0 amide bonds. The number of carboxylic acid groups (broad SMARTS) is 1. The van der Waals surface area contributed by atoms with Crippen molar-refractivity contribution in [3.63, 3.8) is 0 Å². The average molecular weight is 234 g/mol. The van der Waals surface area contributed by atoms with Gasteiger partial charge in [0.25, 0.3) is 0 Å². The summed E-state index contributed by atoms with van der Waals surface area (Å²) in [7, 11) is 1.35. The number of carbonyl (C=O) groups is 2. The Morgan fingerprint density at radius 1 is 1.53 bits per heavy atom. The van der Waals surface area contributed by atoms with Gasteiger partial charge in [0.05, 0.1) is 12.7 Å². The van der Waals surface area contributed by atoms with E-state index in [2.05, 4.69) is 11.8 Å². The van der Waals surface area contributed by atoms with Crippen molar-refractivity contribution in [3.05, 3.63) is 23.3 Å². The van der Waals surface area contributed by atoms with Gasteiger partial charge in [0.1, 0.15) is 12.7 Å². The molecule has 0 aromatic heterocycles. The number of hydrogen-bond acceptors (Lipinski definition) is 4. The molecule has 0 aliphatic rings. The molecule has 88 valence electrons. The van der Waals surface area contributed by atoms with Crippen LogP contribution in [0.2, 0.25) is 0 Å². The monoisotopic (exact) mass is 234 g/mol. The minimum absolute atomic E-state index is 0.120. The van der Waals surface area contributed by atoms with E-state index in [1.165, 1.54) is 19.2 Å². The Hall–Kier alpha value is -2.48. The Balaban J connectivity index is 3.16. The summed E-state index contributed by atoms with van der Waals surface area (Å²) in [5.74, 6) is 3.69. The summed E-state index contributed by atoms with van der Waals surface area (Å²) in [6.45, 7) is 0. The number of aliphatic carboxylic acids is 1. The van der Waals surface area contributed by atoms with Gasteiger partial charge in [0, 0.05) is 5.56 Å². The van der Waals surface area contributed by atoms with Gasteiger partial charge in [0.15, 0.2) is 11.5 Å². The summed E-state index contributed by atoms with van der Waals surface area (Å²) in [6, 6.07) is 2.73. The number of aromatic hydroxyl groups is 1. The van der Waals surface area contributed by atoms with Crippen molar-refractivity contribution in [3.8, 4) is 23.3 Å². The molecule has 0 aliphatic carbocycles. The van der Waals surface area contributed by atoms with Crippen molar-refractivity contribution in [1.29, 1.82) is 0 Å². The van der Waals surface area contributed by atoms with Gasteiger partial charge in [-0.1, -0.05) is 11.8 Å². The highest BCUT2D eigenvalue weighted by atomic mass is 16.5. The number of ether oxygens (including phenoxy) is 1. The fourth-order valence-electron chi connectivity index (χ4n) is 1.16. The molecule has 0 atom stereocenters. The molecule has 1 aromatic rings. The molecule has 0 saturated heterocycles. The van der Waals surface area contributed by atoms with E-state index in [4.69, 9.17) is 9.84 Å². The third-order valence-electron chi connectivity index (χ3n) is 1.92. The summed E-state index contributed by atoms with van der Waals surface area (Å²) in [6.07, 6.45) is 0.247. The lowest BCUT2D eigenvalue weighted by Gasteiger charge is -2.05. The Bertz CT molecular complexity index is 508. The van der Waals surface area contributed by atoms with Crippen LogP contribution in [0.3, 0.4) is 0 Å². The third-order valence-corrected chi connectivity index (χ3v) is 1.92. The van der Waals surface area contributed by atoms with Gasteiger partial charge in [-0.05, 0) is 12.1 Å². The van der Waals surface area contributed by atoms with E-state index in [1.54, 1.807) is 0 Å². The van der Waals surface area contributed by atoms with E-state index in [1.807, 2.05) is 0 Å². The highest BCUT2D eigenvalue weighted by Crippen LogP contribution is 2.30. The summed E-state index contributed by atoms with van der Waals surface area (Å²) in [5, 5.41) is 18.1. The first-order valence-electron chi connectivity index (χ1n) is 4.65. The Kier molecular flexibility index (Phi) is 4.12. The van der Waals surface area contributed by atoms with Gasteiger partial charge in [0.2, 0.25) is 0 Å². The van der Waals surface area contributed by atoms with Crippen molar-refractivity contribution in [2.24, 2.45) is 0 Å². The molecule has 5 heteroatoms. The van der Waals surface area contributed by atoms with E-state index in [0.717, 1.165) is 0 Å². The number of benzene rings is 1. The molecule has 0 heterocycles. The second kappa shape index (κ2) is 5.56. The van der Waals surface area contributed by atoms with Crippen LogP contribution in [0.1, 0.15) is 22.3 Å². The van der Waals surface area contributed by atoms with E-state index in [-0.39, 0.29) is 23.5 Å². The van der Waals surface area contributed by atoms with Crippen LogP contribution in [-0.2, 0) is 4.79 Å². The van der Waals surface area contributed by atoms with Gasteiger partial charge < -0.3 is 14.9 Å². The molecule has 0 aliphatic heterocycles. The molecule has 5 nitrogen and oxygen atoms in total. The van der Waals surface area contributed by atoms with Crippen LogP contribution in [0.4, 0.5) is 0 Å². The molecule has 0 spiro atoms. The predicted molar refractivity (Wildman–Crippen MR) is 59.2 cm³/mol. The molecular formula is C12H10O5. The Labute approximate surface area is 97.6 Å². The quantitative estimate of drug-likeness (QED) is 0.603. The average Bonchev–Trinajstić information content (AvgIpc) is 2.31. The zero-order valence-electron chi connectivity index (χ0n) is 9.06. The van der Waals surface area contributed by atoms with E-state index >= 15 is 0 Å². The van der Waals surface area contributed by atoms with E-state index < -0.39 is 5.97 Å². The first-order chi connectivity index (χ1) is 8.08. The van der Waals surface area contributed by atoms with Gasteiger partial charge in [-0.25, -0.2) is 0 Å². The lowest BCUT2D eigenvalue weighted by atomic mass is 10.1. The van der Waals surface area contributed by atoms with Crippen molar-refractivity contribution in [1.82, 2.24) is 0 Å². The zero-order chi connectivity index (χ0) is 12.8. The molecule has 1 aromatic carbocycles.